The van der Waals surface area contributed by atoms with E-state index in [9.17, 15) is 0 Å². The van der Waals surface area contributed by atoms with Crippen LogP contribution in [0.15, 0.2) is 24.5 Å². The van der Waals surface area contributed by atoms with Crippen LogP contribution < -0.4 is 0 Å². The average molecular weight is 234 g/mol. The lowest BCUT2D eigenvalue weighted by molar-refractivity contribution is 0.289. The third-order valence-electron chi connectivity index (χ3n) is 2.36. The van der Waals surface area contributed by atoms with E-state index in [1.54, 1.807) is 17.5 Å². The molecule has 0 unspecified atom stereocenters. The second-order valence-electron chi connectivity index (χ2n) is 3.60. The van der Waals surface area contributed by atoms with Gasteiger partial charge in [0.2, 0.25) is 0 Å². The summed E-state index contributed by atoms with van der Waals surface area (Å²) in [4.78, 5) is 9.88. The molecule has 4 heteroatoms. The molecule has 16 heavy (non-hydrogen) atoms. The highest BCUT2D eigenvalue weighted by Gasteiger charge is 2.08. The summed E-state index contributed by atoms with van der Waals surface area (Å²) in [5, 5.41) is 9.83. The molecule has 0 spiro atoms. The van der Waals surface area contributed by atoms with Crippen LogP contribution in [0.1, 0.15) is 17.0 Å². The molecule has 2 heterocycles. The number of hydrogen-bond acceptors (Lipinski definition) is 4. The second kappa shape index (κ2) is 5.18. The van der Waals surface area contributed by atoms with Gasteiger partial charge in [0, 0.05) is 29.4 Å². The molecule has 0 aliphatic carbocycles. The van der Waals surface area contributed by atoms with Gasteiger partial charge in [0.25, 0.3) is 0 Å². The molecule has 0 aromatic carbocycles. The minimum atomic E-state index is 0.236. The molecule has 2 rings (SSSR count). The van der Waals surface area contributed by atoms with Crippen LogP contribution in [0.2, 0.25) is 0 Å². The Bertz CT molecular complexity index is 453. The van der Waals surface area contributed by atoms with Gasteiger partial charge in [-0.1, -0.05) is 0 Å². The highest BCUT2D eigenvalue weighted by atomic mass is 32.1. The molecule has 2 aromatic heterocycles. The molecule has 0 aliphatic rings. The van der Waals surface area contributed by atoms with Crippen molar-refractivity contribution < 1.29 is 5.11 Å². The number of nitrogens with zero attached hydrogens (tertiary/aromatic N) is 2. The number of rotatable bonds is 4. The maximum absolute atomic E-state index is 8.82. The molecule has 0 bridgehead atoms. The third-order valence-corrected chi connectivity index (χ3v) is 3.63. The second-order valence-corrected chi connectivity index (χ2v) is 4.68. The molecule has 3 nitrogen and oxygen atoms in total. The number of thiazole rings is 1. The fourth-order valence-electron chi connectivity index (χ4n) is 1.51. The Morgan fingerprint density at radius 2 is 2.31 bits per heavy atom. The lowest BCUT2D eigenvalue weighted by atomic mass is 10.2. The number of aromatic nitrogens is 2. The molecule has 0 saturated heterocycles. The maximum atomic E-state index is 8.82. The van der Waals surface area contributed by atoms with Crippen molar-refractivity contribution in [2.75, 3.05) is 6.61 Å². The topological polar surface area (TPSA) is 46.0 Å². The van der Waals surface area contributed by atoms with E-state index in [2.05, 4.69) is 9.97 Å². The first-order valence-electron chi connectivity index (χ1n) is 5.29. The van der Waals surface area contributed by atoms with Gasteiger partial charge in [-0.2, -0.15) is 0 Å². The lowest BCUT2D eigenvalue weighted by Gasteiger charge is -1.94. The molecular weight excluding hydrogens is 220 g/mol. The van der Waals surface area contributed by atoms with Crippen LogP contribution in [0.4, 0.5) is 0 Å². The standard InChI is InChI=1S/C12H14N2OS/c1-9-11(5-3-7-15)16-12(14-9)10-4-2-6-13-8-10/h2,4,6,8,15H,3,5,7H2,1H3. The Labute approximate surface area is 98.8 Å². The van der Waals surface area contributed by atoms with Crippen molar-refractivity contribution in [3.8, 4) is 10.6 Å². The van der Waals surface area contributed by atoms with Gasteiger partial charge in [0.05, 0.1) is 5.69 Å². The molecule has 1 N–H and O–H groups in total. The number of aliphatic hydroxyl groups is 1. The fraction of sp³-hybridized carbons (Fsp3) is 0.333. The van der Waals surface area contributed by atoms with E-state index in [1.165, 1.54) is 4.88 Å². The summed E-state index contributed by atoms with van der Waals surface area (Å²) < 4.78 is 0. The number of pyridine rings is 1. The zero-order valence-electron chi connectivity index (χ0n) is 9.18. The molecule has 0 amide bonds. The fourth-order valence-corrected chi connectivity index (χ4v) is 2.61. The van der Waals surface area contributed by atoms with E-state index >= 15 is 0 Å². The molecule has 0 atom stereocenters. The van der Waals surface area contributed by atoms with Gasteiger partial charge in [-0.3, -0.25) is 4.98 Å². The summed E-state index contributed by atoms with van der Waals surface area (Å²) in [7, 11) is 0. The van der Waals surface area contributed by atoms with Crippen molar-refractivity contribution in [1.29, 1.82) is 0 Å². The zero-order chi connectivity index (χ0) is 11.4. The Morgan fingerprint density at radius 1 is 1.44 bits per heavy atom. The molecule has 0 aliphatic heterocycles. The van der Waals surface area contributed by atoms with E-state index in [-0.39, 0.29) is 6.61 Å². The van der Waals surface area contributed by atoms with E-state index in [1.807, 2.05) is 25.3 Å². The minimum absolute atomic E-state index is 0.236. The molecule has 2 aromatic rings. The normalized spacial score (nSPS) is 10.6. The highest BCUT2D eigenvalue weighted by Crippen LogP contribution is 2.27. The van der Waals surface area contributed by atoms with Gasteiger partial charge in [-0.25, -0.2) is 4.98 Å². The van der Waals surface area contributed by atoms with Crippen molar-refractivity contribution in [3.05, 3.63) is 35.1 Å². The number of hydrogen-bond donors (Lipinski definition) is 1. The van der Waals surface area contributed by atoms with Crippen molar-refractivity contribution >= 4 is 11.3 Å². The van der Waals surface area contributed by atoms with Crippen LogP contribution in [0.25, 0.3) is 10.6 Å². The van der Waals surface area contributed by atoms with Crippen LogP contribution in [0, 0.1) is 6.92 Å². The van der Waals surface area contributed by atoms with Gasteiger partial charge in [0.1, 0.15) is 5.01 Å². The third kappa shape index (κ3) is 2.46. The maximum Gasteiger partial charge on any atom is 0.125 e. The Balaban J connectivity index is 2.24. The largest absolute Gasteiger partial charge is 0.396 e. The summed E-state index contributed by atoms with van der Waals surface area (Å²) in [5.74, 6) is 0. The minimum Gasteiger partial charge on any atom is -0.396 e. The summed E-state index contributed by atoms with van der Waals surface area (Å²) in [6, 6.07) is 3.93. The summed E-state index contributed by atoms with van der Waals surface area (Å²) in [6.07, 6.45) is 5.29. The van der Waals surface area contributed by atoms with Crippen LogP contribution in [-0.4, -0.2) is 21.7 Å². The van der Waals surface area contributed by atoms with E-state index in [0.29, 0.717) is 0 Å². The van der Waals surface area contributed by atoms with Gasteiger partial charge in [-0.15, -0.1) is 11.3 Å². The van der Waals surface area contributed by atoms with E-state index in [4.69, 9.17) is 5.11 Å². The van der Waals surface area contributed by atoms with Crippen molar-refractivity contribution in [1.82, 2.24) is 9.97 Å². The average Bonchev–Trinajstić information content (AvgIpc) is 2.69. The summed E-state index contributed by atoms with van der Waals surface area (Å²) in [6.45, 7) is 2.25. The van der Waals surface area contributed by atoms with Crippen molar-refractivity contribution in [2.45, 2.75) is 19.8 Å². The Kier molecular flexibility index (Phi) is 3.64. The predicted molar refractivity (Wildman–Crippen MR) is 65.5 cm³/mol. The smallest absolute Gasteiger partial charge is 0.125 e. The van der Waals surface area contributed by atoms with Gasteiger partial charge in [-0.05, 0) is 31.9 Å². The zero-order valence-corrected chi connectivity index (χ0v) is 10.00. The first-order chi connectivity index (χ1) is 7.81. The monoisotopic (exact) mass is 234 g/mol. The lowest BCUT2D eigenvalue weighted by Crippen LogP contribution is -1.88. The van der Waals surface area contributed by atoms with Gasteiger partial charge < -0.3 is 5.11 Å². The Hall–Kier alpha value is -1.26. The molecule has 84 valence electrons. The van der Waals surface area contributed by atoms with Crippen molar-refractivity contribution in [2.24, 2.45) is 0 Å². The van der Waals surface area contributed by atoms with Gasteiger partial charge >= 0.3 is 0 Å². The SMILES string of the molecule is Cc1nc(-c2cccnc2)sc1CCCO. The first-order valence-corrected chi connectivity index (χ1v) is 6.10. The number of aliphatic hydroxyl groups excluding tert-OH is 1. The van der Waals surface area contributed by atoms with Crippen LogP contribution in [-0.2, 0) is 6.42 Å². The van der Waals surface area contributed by atoms with Gasteiger partial charge in [0.15, 0.2) is 0 Å². The Morgan fingerprint density at radius 3 is 3.00 bits per heavy atom. The molecular formula is C12H14N2OS. The summed E-state index contributed by atoms with van der Waals surface area (Å²) >= 11 is 1.69. The summed E-state index contributed by atoms with van der Waals surface area (Å²) in [5.41, 5.74) is 2.13. The molecule has 0 fully saturated rings. The first kappa shape index (κ1) is 11.2. The van der Waals surface area contributed by atoms with Crippen molar-refractivity contribution in [3.63, 3.8) is 0 Å². The van der Waals surface area contributed by atoms with Crippen LogP contribution >= 0.6 is 11.3 Å². The quantitative estimate of drug-likeness (QED) is 0.883. The van der Waals surface area contributed by atoms with Crippen LogP contribution in [0.5, 0.6) is 0 Å². The van der Waals surface area contributed by atoms with E-state index in [0.717, 1.165) is 29.1 Å². The molecule has 0 radical (unpaired) electrons. The predicted octanol–water partition coefficient (Wildman–Crippen LogP) is 2.44. The van der Waals surface area contributed by atoms with E-state index < -0.39 is 0 Å². The highest BCUT2D eigenvalue weighted by molar-refractivity contribution is 7.15. The number of aryl methyl sites for hydroxylation is 2. The van der Waals surface area contributed by atoms with Crippen LogP contribution in [0.3, 0.4) is 0 Å². The molecule has 0 saturated carbocycles.